The minimum atomic E-state index is -0.556. The summed E-state index contributed by atoms with van der Waals surface area (Å²) in [6.07, 6.45) is -0.556. The number of aromatic nitrogens is 1. The van der Waals surface area contributed by atoms with Crippen molar-refractivity contribution in [3.63, 3.8) is 0 Å². The maximum atomic E-state index is 11.3. The van der Waals surface area contributed by atoms with Gasteiger partial charge < -0.3 is 15.8 Å². The standard InChI is InChI=1S/C11H17N3O2/c1-7-4-5-10(9(6-12)14-7)16-8(2)11(15)13-3/h4-5,8H,6,12H2,1-3H3,(H,13,15). The number of hydrogen-bond acceptors (Lipinski definition) is 4. The van der Waals surface area contributed by atoms with Crippen molar-refractivity contribution in [2.24, 2.45) is 5.73 Å². The molecule has 0 radical (unpaired) electrons. The second kappa shape index (κ2) is 5.46. The molecule has 0 fully saturated rings. The Bertz CT molecular complexity index is 379. The molecule has 3 N–H and O–H groups in total. The Morgan fingerprint density at radius 3 is 2.88 bits per heavy atom. The number of pyridine rings is 1. The summed E-state index contributed by atoms with van der Waals surface area (Å²) in [6, 6.07) is 3.61. The molecule has 0 aliphatic heterocycles. The van der Waals surface area contributed by atoms with E-state index >= 15 is 0 Å². The van der Waals surface area contributed by atoms with Crippen molar-refractivity contribution < 1.29 is 9.53 Å². The van der Waals surface area contributed by atoms with Crippen LogP contribution in [0.2, 0.25) is 0 Å². The first-order chi connectivity index (χ1) is 7.58. The summed E-state index contributed by atoms with van der Waals surface area (Å²) in [4.78, 5) is 15.5. The van der Waals surface area contributed by atoms with Crippen molar-refractivity contribution in [2.75, 3.05) is 7.05 Å². The van der Waals surface area contributed by atoms with E-state index in [0.717, 1.165) is 5.69 Å². The highest BCUT2D eigenvalue weighted by Crippen LogP contribution is 2.17. The highest BCUT2D eigenvalue weighted by atomic mass is 16.5. The van der Waals surface area contributed by atoms with Crippen LogP contribution in [0.25, 0.3) is 0 Å². The van der Waals surface area contributed by atoms with E-state index in [1.54, 1.807) is 20.0 Å². The minimum Gasteiger partial charge on any atom is -0.479 e. The first-order valence-electron chi connectivity index (χ1n) is 5.13. The Balaban J connectivity index is 2.84. The summed E-state index contributed by atoms with van der Waals surface area (Å²) >= 11 is 0. The van der Waals surface area contributed by atoms with E-state index in [1.165, 1.54) is 0 Å². The lowest BCUT2D eigenvalue weighted by Gasteiger charge is -2.15. The van der Waals surface area contributed by atoms with Crippen molar-refractivity contribution in [1.82, 2.24) is 10.3 Å². The van der Waals surface area contributed by atoms with E-state index in [2.05, 4.69) is 10.3 Å². The molecular formula is C11H17N3O2. The number of nitrogens with two attached hydrogens (primary N) is 1. The van der Waals surface area contributed by atoms with Crippen LogP contribution in [0.3, 0.4) is 0 Å². The highest BCUT2D eigenvalue weighted by Gasteiger charge is 2.14. The van der Waals surface area contributed by atoms with Crippen LogP contribution in [-0.2, 0) is 11.3 Å². The molecule has 16 heavy (non-hydrogen) atoms. The zero-order valence-corrected chi connectivity index (χ0v) is 9.78. The molecule has 1 unspecified atom stereocenters. The predicted molar refractivity (Wildman–Crippen MR) is 61.0 cm³/mol. The fourth-order valence-electron chi connectivity index (χ4n) is 1.30. The van der Waals surface area contributed by atoms with Gasteiger partial charge in [-0.05, 0) is 26.0 Å². The molecule has 88 valence electrons. The van der Waals surface area contributed by atoms with Gasteiger partial charge in [0, 0.05) is 19.3 Å². The number of ether oxygens (including phenoxy) is 1. The molecule has 1 rings (SSSR count). The van der Waals surface area contributed by atoms with E-state index < -0.39 is 6.10 Å². The van der Waals surface area contributed by atoms with Gasteiger partial charge in [-0.15, -0.1) is 0 Å². The van der Waals surface area contributed by atoms with Crippen molar-refractivity contribution in [2.45, 2.75) is 26.5 Å². The zero-order chi connectivity index (χ0) is 12.1. The summed E-state index contributed by atoms with van der Waals surface area (Å²) in [7, 11) is 1.57. The maximum absolute atomic E-state index is 11.3. The normalized spacial score (nSPS) is 12.0. The second-order valence-corrected chi connectivity index (χ2v) is 3.48. The van der Waals surface area contributed by atoms with Crippen LogP contribution >= 0.6 is 0 Å². The summed E-state index contributed by atoms with van der Waals surface area (Å²) < 4.78 is 5.49. The van der Waals surface area contributed by atoms with Crippen LogP contribution in [0.4, 0.5) is 0 Å². The lowest BCUT2D eigenvalue weighted by molar-refractivity contribution is -0.126. The molecule has 0 saturated carbocycles. The molecule has 0 spiro atoms. The molecule has 1 amide bonds. The van der Waals surface area contributed by atoms with E-state index in [0.29, 0.717) is 11.4 Å². The van der Waals surface area contributed by atoms with Crippen LogP contribution in [0, 0.1) is 6.92 Å². The monoisotopic (exact) mass is 223 g/mol. The first-order valence-corrected chi connectivity index (χ1v) is 5.13. The molecule has 5 heteroatoms. The Morgan fingerprint density at radius 2 is 2.31 bits per heavy atom. The van der Waals surface area contributed by atoms with Crippen LogP contribution in [0.1, 0.15) is 18.3 Å². The summed E-state index contributed by atoms with van der Waals surface area (Å²) in [5.74, 6) is 0.382. The number of amides is 1. The third-order valence-corrected chi connectivity index (χ3v) is 2.18. The molecule has 5 nitrogen and oxygen atoms in total. The third kappa shape index (κ3) is 2.93. The van der Waals surface area contributed by atoms with Crippen LogP contribution < -0.4 is 15.8 Å². The van der Waals surface area contributed by atoms with Gasteiger partial charge in [-0.2, -0.15) is 0 Å². The second-order valence-electron chi connectivity index (χ2n) is 3.48. The Kier molecular flexibility index (Phi) is 4.25. The molecule has 0 saturated heterocycles. The smallest absolute Gasteiger partial charge is 0.260 e. The van der Waals surface area contributed by atoms with Gasteiger partial charge in [-0.25, -0.2) is 0 Å². The lowest BCUT2D eigenvalue weighted by atomic mass is 10.2. The number of likely N-dealkylation sites (N-methyl/N-ethyl adjacent to an activating group) is 1. The molecule has 0 aromatic carbocycles. The number of nitrogens with one attached hydrogen (secondary N) is 1. The van der Waals surface area contributed by atoms with Crippen LogP contribution in [-0.4, -0.2) is 24.0 Å². The number of aryl methyl sites for hydroxylation is 1. The van der Waals surface area contributed by atoms with Crippen LogP contribution in [0.5, 0.6) is 5.75 Å². The quantitative estimate of drug-likeness (QED) is 0.772. The average molecular weight is 223 g/mol. The van der Waals surface area contributed by atoms with Gasteiger partial charge in [0.1, 0.15) is 5.75 Å². The Labute approximate surface area is 95.0 Å². The third-order valence-electron chi connectivity index (χ3n) is 2.18. The number of carbonyl (C=O) groups excluding carboxylic acids is 1. The van der Waals surface area contributed by atoms with Crippen LogP contribution in [0.15, 0.2) is 12.1 Å². The number of nitrogens with zero attached hydrogens (tertiary/aromatic N) is 1. The van der Waals surface area contributed by atoms with E-state index in [4.69, 9.17) is 10.5 Å². The number of hydrogen-bond donors (Lipinski definition) is 2. The Hall–Kier alpha value is -1.62. The topological polar surface area (TPSA) is 77.2 Å². The molecule has 0 aliphatic carbocycles. The molecular weight excluding hydrogens is 206 g/mol. The molecule has 0 aliphatic rings. The van der Waals surface area contributed by atoms with Crippen molar-refractivity contribution in [1.29, 1.82) is 0 Å². The summed E-state index contributed by atoms with van der Waals surface area (Å²) in [6.45, 7) is 3.85. The van der Waals surface area contributed by atoms with Gasteiger partial charge in [0.05, 0.1) is 5.69 Å². The molecule has 0 bridgehead atoms. The minimum absolute atomic E-state index is 0.177. The first kappa shape index (κ1) is 12.4. The molecule has 1 aromatic rings. The van der Waals surface area contributed by atoms with Gasteiger partial charge >= 0.3 is 0 Å². The van der Waals surface area contributed by atoms with Gasteiger partial charge in [-0.3, -0.25) is 9.78 Å². The zero-order valence-electron chi connectivity index (χ0n) is 9.78. The maximum Gasteiger partial charge on any atom is 0.260 e. The highest BCUT2D eigenvalue weighted by molar-refractivity contribution is 5.80. The Morgan fingerprint density at radius 1 is 1.62 bits per heavy atom. The van der Waals surface area contributed by atoms with E-state index in [-0.39, 0.29) is 12.5 Å². The van der Waals surface area contributed by atoms with Crippen molar-refractivity contribution in [3.05, 3.63) is 23.5 Å². The van der Waals surface area contributed by atoms with Gasteiger partial charge in [0.25, 0.3) is 5.91 Å². The van der Waals surface area contributed by atoms with Crippen molar-refractivity contribution in [3.8, 4) is 5.75 Å². The largest absolute Gasteiger partial charge is 0.479 e. The molecule has 1 aromatic heterocycles. The van der Waals surface area contributed by atoms with Gasteiger partial charge in [-0.1, -0.05) is 0 Å². The van der Waals surface area contributed by atoms with E-state index in [9.17, 15) is 4.79 Å². The van der Waals surface area contributed by atoms with Gasteiger partial charge in [0.15, 0.2) is 6.10 Å². The number of rotatable bonds is 4. The fourth-order valence-corrected chi connectivity index (χ4v) is 1.30. The molecule has 1 atom stereocenters. The van der Waals surface area contributed by atoms with E-state index in [1.807, 2.05) is 13.0 Å². The van der Waals surface area contributed by atoms with Crippen molar-refractivity contribution >= 4 is 5.91 Å². The van der Waals surface area contributed by atoms with Gasteiger partial charge in [0.2, 0.25) is 0 Å². The average Bonchev–Trinajstić information content (AvgIpc) is 2.30. The predicted octanol–water partition coefficient (Wildman–Crippen LogP) is 0.362. The summed E-state index contributed by atoms with van der Waals surface area (Å²) in [5.41, 5.74) is 7.10. The molecule has 1 heterocycles. The summed E-state index contributed by atoms with van der Waals surface area (Å²) in [5, 5.41) is 2.52. The SMILES string of the molecule is CNC(=O)C(C)Oc1ccc(C)nc1CN. The number of carbonyl (C=O) groups is 1. The lowest BCUT2D eigenvalue weighted by Crippen LogP contribution is -2.34. The fraction of sp³-hybridized carbons (Fsp3) is 0.455.